The molecule has 0 radical (unpaired) electrons. The molecule has 0 aromatic rings. The van der Waals surface area contributed by atoms with E-state index in [-0.39, 0.29) is 10.7 Å². The molecule has 0 aliphatic carbocycles. The van der Waals surface area contributed by atoms with Crippen molar-refractivity contribution in [2.45, 2.75) is 25.0 Å². The molecule has 0 aromatic heterocycles. The molecule has 1 unspecified atom stereocenters. The molecule has 58 valence electrons. The maximum Gasteiger partial charge on any atom is 0.322 e. The summed E-state index contributed by atoms with van der Waals surface area (Å²) in [6.45, 7) is 4.49. The Morgan fingerprint density at radius 2 is 2.40 bits per heavy atom. The molecule has 0 aromatic carbocycles. The van der Waals surface area contributed by atoms with E-state index in [1.807, 2.05) is 13.8 Å². The van der Waals surface area contributed by atoms with E-state index in [1.54, 1.807) is 11.8 Å². The van der Waals surface area contributed by atoms with Gasteiger partial charge in [-0.2, -0.15) is 0 Å². The smallest absolute Gasteiger partial charge is 0.322 e. The van der Waals surface area contributed by atoms with Crippen LogP contribution in [0, 0.1) is 0 Å². The lowest BCUT2D eigenvalue weighted by Gasteiger charge is -2.05. The average Bonchev–Trinajstić information content (AvgIpc) is 2.64. The van der Waals surface area contributed by atoms with Crippen molar-refractivity contribution in [3.05, 3.63) is 0 Å². The van der Waals surface area contributed by atoms with E-state index >= 15 is 0 Å². The van der Waals surface area contributed by atoms with Crippen molar-refractivity contribution in [2.24, 2.45) is 0 Å². The van der Waals surface area contributed by atoms with E-state index in [0.717, 1.165) is 12.2 Å². The van der Waals surface area contributed by atoms with Crippen LogP contribution in [0.5, 0.6) is 0 Å². The number of carbonyl (C=O) groups is 1. The van der Waals surface area contributed by atoms with Gasteiger partial charge in [-0.3, -0.25) is 4.79 Å². The largest absolute Gasteiger partial charge is 0.465 e. The van der Waals surface area contributed by atoms with Gasteiger partial charge in [-0.25, -0.2) is 0 Å². The Bertz CT molecular complexity index is 141. The number of thioether (sulfide) groups is 1. The Morgan fingerprint density at radius 3 is 2.80 bits per heavy atom. The minimum Gasteiger partial charge on any atom is -0.465 e. The molecule has 1 aliphatic heterocycles. The molecule has 1 saturated heterocycles. The quantitative estimate of drug-likeness (QED) is 0.461. The van der Waals surface area contributed by atoms with Crippen LogP contribution >= 0.6 is 11.8 Å². The maximum absolute atomic E-state index is 11.0. The highest BCUT2D eigenvalue weighted by molar-refractivity contribution is 8.08. The summed E-state index contributed by atoms with van der Waals surface area (Å²) in [4.78, 5) is 11.0. The summed E-state index contributed by atoms with van der Waals surface area (Å²) in [6, 6.07) is 0. The summed E-state index contributed by atoms with van der Waals surface area (Å²) in [5, 5.41) is 0. The molecule has 0 saturated carbocycles. The first-order valence-electron chi connectivity index (χ1n) is 3.50. The molecule has 10 heavy (non-hydrogen) atoms. The van der Waals surface area contributed by atoms with Crippen LogP contribution in [0.15, 0.2) is 0 Å². The molecule has 1 atom stereocenters. The van der Waals surface area contributed by atoms with Crippen molar-refractivity contribution in [1.29, 1.82) is 0 Å². The van der Waals surface area contributed by atoms with Gasteiger partial charge in [-0.1, -0.05) is 6.92 Å². The maximum atomic E-state index is 11.0. The Balaban J connectivity index is 2.22. The van der Waals surface area contributed by atoms with E-state index in [4.69, 9.17) is 4.74 Å². The molecule has 1 aliphatic rings. The van der Waals surface area contributed by atoms with Crippen molar-refractivity contribution in [2.75, 3.05) is 12.4 Å². The number of esters is 1. The normalized spacial score (nSPS) is 29.8. The second-order valence-corrected chi connectivity index (χ2v) is 4.13. The highest BCUT2D eigenvalue weighted by Gasteiger charge is 2.47. The zero-order chi connectivity index (χ0) is 7.61. The van der Waals surface area contributed by atoms with Crippen LogP contribution in [0.4, 0.5) is 0 Å². The zero-order valence-electron chi connectivity index (χ0n) is 6.35. The predicted molar refractivity (Wildman–Crippen MR) is 42.1 cm³/mol. The van der Waals surface area contributed by atoms with Gasteiger partial charge in [0.2, 0.25) is 0 Å². The Kier molecular flexibility index (Phi) is 2.24. The molecular formula is C7H12O2S. The number of rotatable bonds is 3. The second-order valence-electron chi connectivity index (χ2n) is 2.66. The van der Waals surface area contributed by atoms with E-state index in [0.29, 0.717) is 6.61 Å². The third kappa shape index (κ3) is 1.66. The minimum atomic E-state index is -0.185. The molecule has 2 nitrogen and oxygen atoms in total. The Hall–Kier alpha value is -0.180. The Morgan fingerprint density at radius 1 is 1.80 bits per heavy atom. The fourth-order valence-corrected chi connectivity index (χ4v) is 1.08. The summed E-state index contributed by atoms with van der Waals surface area (Å²) in [7, 11) is 0. The van der Waals surface area contributed by atoms with E-state index in [2.05, 4.69) is 0 Å². The molecule has 0 N–H and O–H groups in total. The molecular weight excluding hydrogens is 148 g/mol. The summed E-state index contributed by atoms with van der Waals surface area (Å²) in [5.74, 6) is 0.884. The van der Waals surface area contributed by atoms with Gasteiger partial charge in [0.05, 0.1) is 6.61 Å². The van der Waals surface area contributed by atoms with E-state index in [1.165, 1.54) is 0 Å². The lowest BCUT2D eigenvalue weighted by molar-refractivity contribution is -0.144. The number of ether oxygens (including phenoxy) is 1. The number of carbonyl (C=O) groups excluding carboxylic acids is 1. The molecule has 0 bridgehead atoms. The number of hydrogen-bond donors (Lipinski definition) is 0. The fourth-order valence-electron chi connectivity index (χ4n) is 0.574. The zero-order valence-corrected chi connectivity index (χ0v) is 7.16. The van der Waals surface area contributed by atoms with Crippen LogP contribution in [-0.2, 0) is 9.53 Å². The van der Waals surface area contributed by atoms with Gasteiger partial charge < -0.3 is 4.74 Å². The third-order valence-corrected chi connectivity index (χ3v) is 2.77. The first-order chi connectivity index (χ1) is 4.69. The average molecular weight is 160 g/mol. The molecule has 0 amide bonds. The molecule has 1 fully saturated rings. The SMILES string of the molecule is CCCOC(=O)C1(C)CS1. The monoisotopic (exact) mass is 160 g/mol. The van der Waals surface area contributed by atoms with Crippen LogP contribution in [0.25, 0.3) is 0 Å². The van der Waals surface area contributed by atoms with E-state index < -0.39 is 0 Å². The van der Waals surface area contributed by atoms with Gasteiger partial charge >= 0.3 is 5.97 Å². The van der Waals surface area contributed by atoms with Gasteiger partial charge in [-0.15, -0.1) is 11.8 Å². The van der Waals surface area contributed by atoms with Crippen molar-refractivity contribution in [3.63, 3.8) is 0 Å². The van der Waals surface area contributed by atoms with Crippen LogP contribution in [0.2, 0.25) is 0 Å². The first kappa shape index (κ1) is 7.92. The molecule has 1 heterocycles. The van der Waals surface area contributed by atoms with Crippen molar-refractivity contribution in [3.8, 4) is 0 Å². The summed E-state index contributed by atoms with van der Waals surface area (Å²) in [5.41, 5.74) is 0. The summed E-state index contributed by atoms with van der Waals surface area (Å²) in [6.07, 6.45) is 0.909. The fraction of sp³-hybridized carbons (Fsp3) is 0.857. The van der Waals surface area contributed by atoms with Crippen molar-refractivity contribution in [1.82, 2.24) is 0 Å². The lowest BCUT2D eigenvalue weighted by Crippen LogP contribution is -2.21. The molecule has 0 spiro atoms. The Labute approximate surface area is 65.3 Å². The third-order valence-electron chi connectivity index (χ3n) is 1.45. The highest BCUT2D eigenvalue weighted by atomic mass is 32.2. The van der Waals surface area contributed by atoms with Crippen LogP contribution in [-0.4, -0.2) is 23.1 Å². The molecule has 1 rings (SSSR count). The van der Waals surface area contributed by atoms with Gasteiger partial charge in [0, 0.05) is 5.75 Å². The van der Waals surface area contributed by atoms with E-state index in [9.17, 15) is 4.79 Å². The second kappa shape index (κ2) is 2.82. The molecule has 3 heteroatoms. The number of hydrogen-bond acceptors (Lipinski definition) is 3. The lowest BCUT2D eigenvalue weighted by atomic mass is 10.2. The minimum absolute atomic E-state index is 0.0423. The van der Waals surface area contributed by atoms with Gasteiger partial charge in [0.25, 0.3) is 0 Å². The van der Waals surface area contributed by atoms with Crippen molar-refractivity contribution < 1.29 is 9.53 Å². The van der Waals surface area contributed by atoms with Crippen molar-refractivity contribution >= 4 is 17.7 Å². The highest BCUT2D eigenvalue weighted by Crippen LogP contribution is 2.44. The van der Waals surface area contributed by atoms with Gasteiger partial charge in [-0.05, 0) is 13.3 Å². The summed E-state index contributed by atoms with van der Waals surface area (Å²) < 4.78 is 4.77. The first-order valence-corrected chi connectivity index (χ1v) is 4.49. The standard InChI is InChI=1S/C7H12O2S/c1-3-4-9-6(8)7(2)5-10-7/h3-5H2,1-2H3. The van der Waals surface area contributed by atoms with Crippen LogP contribution < -0.4 is 0 Å². The predicted octanol–water partition coefficient (Wildman–Crippen LogP) is 1.45. The van der Waals surface area contributed by atoms with Gasteiger partial charge in [0.1, 0.15) is 4.75 Å². The van der Waals surface area contributed by atoms with Crippen LogP contribution in [0.1, 0.15) is 20.3 Å². The topological polar surface area (TPSA) is 26.3 Å². The summed E-state index contributed by atoms with van der Waals surface area (Å²) >= 11 is 1.65. The van der Waals surface area contributed by atoms with Gasteiger partial charge in [0.15, 0.2) is 0 Å². The van der Waals surface area contributed by atoms with Crippen LogP contribution in [0.3, 0.4) is 0 Å².